The lowest BCUT2D eigenvalue weighted by molar-refractivity contribution is 0.443. The smallest absolute Gasteiger partial charge is 0.0213 e. The normalized spacial score (nSPS) is 12.6. The Morgan fingerprint density at radius 1 is 1.18 bits per heavy atom. The minimum absolute atomic E-state index is 0.459. The largest absolute Gasteiger partial charge is 0.271 e. The standard InChI is InChI=1S/C15H26N2/c1-3-4-5-10-15(17-16)12-11-14-9-7-6-8-13(14)2/h6-9,15,17H,3-5,10-12,16H2,1-2H3. The summed E-state index contributed by atoms with van der Waals surface area (Å²) in [5.74, 6) is 5.61. The number of hydrogen-bond donors (Lipinski definition) is 2. The second-order valence-electron chi connectivity index (χ2n) is 4.82. The molecule has 3 N–H and O–H groups in total. The molecule has 2 heteroatoms. The molecule has 17 heavy (non-hydrogen) atoms. The molecule has 2 nitrogen and oxygen atoms in total. The van der Waals surface area contributed by atoms with Crippen LogP contribution in [0.25, 0.3) is 0 Å². The van der Waals surface area contributed by atoms with E-state index < -0.39 is 0 Å². The third-order valence-corrected chi connectivity index (χ3v) is 3.42. The van der Waals surface area contributed by atoms with Gasteiger partial charge in [-0.25, -0.2) is 0 Å². The van der Waals surface area contributed by atoms with Gasteiger partial charge in [-0.15, -0.1) is 0 Å². The van der Waals surface area contributed by atoms with Gasteiger partial charge in [0.15, 0.2) is 0 Å². The van der Waals surface area contributed by atoms with Crippen LogP contribution in [0.15, 0.2) is 24.3 Å². The lowest BCUT2D eigenvalue weighted by Crippen LogP contribution is -2.35. The molecule has 0 spiro atoms. The first-order valence-corrected chi connectivity index (χ1v) is 6.78. The third-order valence-electron chi connectivity index (χ3n) is 3.42. The highest BCUT2D eigenvalue weighted by Gasteiger charge is 2.07. The molecule has 96 valence electrons. The Morgan fingerprint density at radius 2 is 1.94 bits per heavy atom. The zero-order chi connectivity index (χ0) is 12.5. The summed E-state index contributed by atoms with van der Waals surface area (Å²) in [7, 11) is 0. The number of aryl methyl sites for hydroxylation is 2. The summed E-state index contributed by atoms with van der Waals surface area (Å²) in [5.41, 5.74) is 5.78. The molecule has 0 saturated carbocycles. The molecule has 0 saturated heterocycles. The maximum atomic E-state index is 5.61. The zero-order valence-electron chi connectivity index (χ0n) is 11.2. The quantitative estimate of drug-likeness (QED) is 0.411. The van der Waals surface area contributed by atoms with Gasteiger partial charge in [-0.05, 0) is 37.3 Å². The molecule has 0 aromatic heterocycles. The van der Waals surface area contributed by atoms with E-state index in [-0.39, 0.29) is 0 Å². The van der Waals surface area contributed by atoms with Gasteiger partial charge in [0.2, 0.25) is 0 Å². The van der Waals surface area contributed by atoms with Crippen LogP contribution in [0, 0.1) is 6.92 Å². The molecule has 1 aromatic carbocycles. The van der Waals surface area contributed by atoms with Crippen LogP contribution in [-0.2, 0) is 6.42 Å². The molecular weight excluding hydrogens is 208 g/mol. The first-order valence-electron chi connectivity index (χ1n) is 6.78. The summed E-state index contributed by atoms with van der Waals surface area (Å²) in [6, 6.07) is 9.07. The van der Waals surface area contributed by atoms with Gasteiger partial charge >= 0.3 is 0 Å². The van der Waals surface area contributed by atoms with Gasteiger partial charge in [0.25, 0.3) is 0 Å². The van der Waals surface area contributed by atoms with Crippen LogP contribution in [0.5, 0.6) is 0 Å². The molecule has 0 heterocycles. The first kappa shape index (κ1) is 14.2. The third kappa shape index (κ3) is 5.33. The Kier molecular flexibility index (Phi) is 6.90. The van der Waals surface area contributed by atoms with Crippen molar-refractivity contribution in [1.29, 1.82) is 0 Å². The van der Waals surface area contributed by atoms with Crippen LogP contribution in [0.2, 0.25) is 0 Å². The van der Waals surface area contributed by atoms with Crippen molar-refractivity contribution in [3.05, 3.63) is 35.4 Å². The fraction of sp³-hybridized carbons (Fsp3) is 0.600. The Hall–Kier alpha value is -0.860. The van der Waals surface area contributed by atoms with Crippen LogP contribution in [0.4, 0.5) is 0 Å². The number of benzene rings is 1. The van der Waals surface area contributed by atoms with Gasteiger partial charge in [-0.2, -0.15) is 0 Å². The summed E-state index contributed by atoms with van der Waals surface area (Å²) >= 11 is 0. The molecular formula is C15H26N2. The van der Waals surface area contributed by atoms with Crippen molar-refractivity contribution in [2.75, 3.05) is 0 Å². The van der Waals surface area contributed by atoms with Crippen LogP contribution < -0.4 is 11.3 Å². The summed E-state index contributed by atoms with van der Waals surface area (Å²) in [6.45, 7) is 4.41. The SMILES string of the molecule is CCCCCC(CCc1ccccc1C)NN. The maximum absolute atomic E-state index is 5.61. The summed E-state index contributed by atoms with van der Waals surface area (Å²) in [4.78, 5) is 0. The highest BCUT2D eigenvalue weighted by molar-refractivity contribution is 5.25. The van der Waals surface area contributed by atoms with Crippen molar-refractivity contribution in [3.63, 3.8) is 0 Å². The van der Waals surface area contributed by atoms with Crippen molar-refractivity contribution in [2.45, 2.75) is 58.4 Å². The second kappa shape index (κ2) is 8.26. The highest BCUT2D eigenvalue weighted by Crippen LogP contribution is 2.13. The highest BCUT2D eigenvalue weighted by atomic mass is 15.2. The van der Waals surface area contributed by atoms with Crippen molar-refractivity contribution in [3.8, 4) is 0 Å². The van der Waals surface area contributed by atoms with Gasteiger partial charge in [-0.3, -0.25) is 11.3 Å². The van der Waals surface area contributed by atoms with Crippen LogP contribution in [0.1, 0.15) is 50.2 Å². The van der Waals surface area contributed by atoms with E-state index in [9.17, 15) is 0 Å². The van der Waals surface area contributed by atoms with Crippen molar-refractivity contribution >= 4 is 0 Å². The van der Waals surface area contributed by atoms with Gasteiger partial charge in [-0.1, -0.05) is 50.5 Å². The van der Waals surface area contributed by atoms with E-state index >= 15 is 0 Å². The number of hydrogen-bond acceptors (Lipinski definition) is 2. The maximum Gasteiger partial charge on any atom is 0.0213 e. The van der Waals surface area contributed by atoms with Crippen molar-refractivity contribution in [1.82, 2.24) is 5.43 Å². The lowest BCUT2D eigenvalue weighted by atomic mass is 9.98. The number of rotatable bonds is 8. The topological polar surface area (TPSA) is 38.0 Å². The van der Waals surface area contributed by atoms with Gasteiger partial charge < -0.3 is 0 Å². The Bertz CT molecular complexity index is 310. The Morgan fingerprint density at radius 3 is 2.59 bits per heavy atom. The van der Waals surface area contributed by atoms with E-state index in [0.717, 1.165) is 12.8 Å². The molecule has 0 amide bonds. The van der Waals surface area contributed by atoms with Gasteiger partial charge in [0.1, 0.15) is 0 Å². The molecule has 1 atom stereocenters. The summed E-state index contributed by atoms with van der Waals surface area (Å²) in [6.07, 6.45) is 7.30. The summed E-state index contributed by atoms with van der Waals surface area (Å²) < 4.78 is 0. The van der Waals surface area contributed by atoms with E-state index in [1.165, 1.54) is 36.8 Å². The molecule has 0 aliphatic heterocycles. The predicted molar refractivity (Wildman–Crippen MR) is 74.8 cm³/mol. The predicted octanol–water partition coefficient (Wildman–Crippen LogP) is 3.34. The van der Waals surface area contributed by atoms with Crippen LogP contribution in [0.3, 0.4) is 0 Å². The summed E-state index contributed by atoms with van der Waals surface area (Å²) in [5, 5.41) is 0. The van der Waals surface area contributed by atoms with Gasteiger partial charge in [0, 0.05) is 6.04 Å². The van der Waals surface area contributed by atoms with E-state index in [4.69, 9.17) is 5.84 Å². The molecule has 1 unspecified atom stereocenters. The number of nitrogens with one attached hydrogen (secondary N) is 1. The van der Waals surface area contributed by atoms with Crippen molar-refractivity contribution < 1.29 is 0 Å². The zero-order valence-corrected chi connectivity index (χ0v) is 11.2. The molecule has 0 radical (unpaired) electrons. The fourth-order valence-electron chi connectivity index (χ4n) is 2.17. The molecule has 1 aromatic rings. The molecule has 0 aliphatic carbocycles. The van der Waals surface area contributed by atoms with E-state index in [1.807, 2.05) is 0 Å². The average Bonchev–Trinajstić information content (AvgIpc) is 2.35. The molecule has 1 rings (SSSR count). The van der Waals surface area contributed by atoms with E-state index in [0.29, 0.717) is 6.04 Å². The van der Waals surface area contributed by atoms with E-state index in [1.54, 1.807) is 0 Å². The molecule has 0 bridgehead atoms. The first-order chi connectivity index (χ1) is 8.27. The fourth-order valence-corrected chi connectivity index (χ4v) is 2.17. The van der Waals surface area contributed by atoms with E-state index in [2.05, 4.69) is 43.5 Å². The minimum Gasteiger partial charge on any atom is -0.271 e. The Balaban J connectivity index is 2.34. The average molecular weight is 234 g/mol. The molecule has 0 aliphatic rings. The van der Waals surface area contributed by atoms with Crippen molar-refractivity contribution in [2.24, 2.45) is 5.84 Å². The minimum atomic E-state index is 0.459. The van der Waals surface area contributed by atoms with Crippen LogP contribution in [-0.4, -0.2) is 6.04 Å². The number of unbranched alkanes of at least 4 members (excludes halogenated alkanes) is 2. The Labute approximate surface area is 106 Å². The number of nitrogens with two attached hydrogens (primary N) is 1. The van der Waals surface area contributed by atoms with Crippen LogP contribution >= 0.6 is 0 Å². The lowest BCUT2D eigenvalue weighted by Gasteiger charge is -2.16. The monoisotopic (exact) mass is 234 g/mol. The van der Waals surface area contributed by atoms with Gasteiger partial charge in [0.05, 0.1) is 0 Å². The second-order valence-corrected chi connectivity index (χ2v) is 4.82. The molecule has 0 fully saturated rings. The number of hydrazine groups is 1.